The van der Waals surface area contributed by atoms with Crippen LogP contribution in [0.1, 0.15) is 12.7 Å². The Morgan fingerprint density at radius 3 is 2.78 bits per heavy atom. The molecule has 1 N–H and O–H groups in total. The molecule has 0 amide bonds. The molecule has 3 rings (SSSR count). The van der Waals surface area contributed by atoms with Gasteiger partial charge in [0.05, 0.1) is 0 Å². The van der Waals surface area contributed by atoms with E-state index in [2.05, 4.69) is 25.4 Å². The summed E-state index contributed by atoms with van der Waals surface area (Å²) in [6.45, 7) is 2.04. The third-order valence-corrected chi connectivity index (χ3v) is 2.69. The second-order valence-corrected chi connectivity index (χ2v) is 3.88. The van der Waals surface area contributed by atoms with Gasteiger partial charge >= 0.3 is 0 Å². The van der Waals surface area contributed by atoms with E-state index < -0.39 is 0 Å². The molecule has 1 aromatic carbocycles. The summed E-state index contributed by atoms with van der Waals surface area (Å²) in [5.41, 5.74) is 1.96. The van der Waals surface area contributed by atoms with Crippen molar-refractivity contribution >= 4 is 0 Å². The van der Waals surface area contributed by atoms with E-state index in [-0.39, 0.29) is 0 Å². The number of aromatic amines is 1. The summed E-state index contributed by atoms with van der Waals surface area (Å²) in [4.78, 5) is 4.41. The minimum absolute atomic E-state index is 0.710. The highest BCUT2D eigenvalue weighted by atomic mass is 15.2. The fourth-order valence-electron chi connectivity index (χ4n) is 1.72. The first-order valence-electron chi connectivity index (χ1n) is 5.73. The summed E-state index contributed by atoms with van der Waals surface area (Å²) in [5, 5.41) is 14.7. The van der Waals surface area contributed by atoms with Gasteiger partial charge in [0.25, 0.3) is 0 Å². The van der Waals surface area contributed by atoms with Crippen LogP contribution in [-0.4, -0.2) is 29.9 Å². The topological polar surface area (TPSA) is 72.3 Å². The molecule has 2 aromatic heterocycles. The van der Waals surface area contributed by atoms with Gasteiger partial charge in [-0.3, -0.25) is 9.67 Å². The molecule has 0 spiro atoms. The first kappa shape index (κ1) is 10.6. The predicted molar refractivity (Wildman–Crippen MR) is 66.1 cm³/mol. The SMILES string of the molecule is CCc1nc(-c2cccc(-n3cnnc3)c2)n[nH]1. The highest BCUT2D eigenvalue weighted by Gasteiger charge is 2.06. The summed E-state index contributed by atoms with van der Waals surface area (Å²) in [5.74, 6) is 1.60. The fourth-order valence-corrected chi connectivity index (χ4v) is 1.72. The molecule has 3 aromatic rings. The Labute approximate surface area is 104 Å². The fraction of sp³-hybridized carbons (Fsp3) is 0.167. The maximum Gasteiger partial charge on any atom is 0.181 e. The monoisotopic (exact) mass is 240 g/mol. The molecule has 0 saturated carbocycles. The number of benzene rings is 1. The predicted octanol–water partition coefficient (Wildman–Crippen LogP) is 1.61. The number of rotatable bonds is 3. The van der Waals surface area contributed by atoms with Crippen LogP contribution in [-0.2, 0) is 6.42 Å². The molecule has 0 aliphatic carbocycles. The molecule has 0 radical (unpaired) electrons. The quantitative estimate of drug-likeness (QED) is 0.755. The highest BCUT2D eigenvalue weighted by Crippen LogP contribution is 2.18. The Morgan fingerprint density at radius 1 is 1.22 bits per heavy atom. The van der Waals surface area contributed by atoms with Gasteiger partial charge in [-0.25, -0.2) is 4.98 Å². The minimum Gasteiger partial charge on any atom is -0.288 e. The summed E-state index contributed by atoms with van der Waals surface area (Å²) in [6, 6.07) is 7.94. The zero-order valence-electron chi connectivity index (χ0n) is 9.91. The lowest BCUT2D eigenvalue weighted by atomic mass is 10.2. The van der Waals surface area contributed by atoms with Crippen molar-refractivity contribution in [3.63, 3.8) is 0 Å². The molecule has 0 atom stereocenters. The van der Waals surface area contributed by atoms with Crippen molar-refractivity contribution in [2.45, 2.75) is 13.3 Å². The number of hydrogen-bond donors (Lipinski definition) is 1. The van der Waals surface area contributed by atoms with Crippen LogP contribution in [0.15, 0.2) is 36.9 Å². The van der Waals surface area contributed by atoms with Crippen LogP contribution in [0.4, 0.5) is 0 Å². The van der Waals surface area contributed by atoms with E-state index in [1.807, 2.05) is 35.8 Å². The second-order valence-electron chi connectivity index (χ2n) is 3.88. The maximum atomic E-state index is 4.41. The van der Waals surface area contributed by atoms with Crippen LogP contribution in [0.2, 0.25) is 0 Å². The normalized spacial score (nSPS) is 10.7. The molecule has 0 saturated heterocycles. The van der Waals surface area contributed by atoms with Crippen molar-refractivity contribution < 1.29 is 0 Å². The molecule has 0 aliphatic rings. The third kappa shape index (κ3) is 1.88. The van der Waals surface area contributed by atoms with E-state index in [0.717, 1.165) is 23.5 Å². The van der Waals surface area contributed by atoms with E-state index >= 15 is 0 Å². The van der Waals surface area contributed by atoms with Gasteiger partial charge in [-0.15, -0.1) is 10.2 Å². The molecular formula is C12H12N6. The van der Waals surface area contributed by atoms with E-state index in [1.54, 1.807) is 12.7 Å². The number of aryl methyl sites for hydroxylation is 1. The lowest BCUT2D eigenvalue weighted by Gasteiger charge is -2.02. The minimum atomic E-state index is 0.710. The summed E-state index contributed by atoms with van der Waals surface area (Å²) in [6.07, 6.45) is 4.17. The average Bonchev–Trinajstić information content (AvgIpc) is 3.10. The summed E-state index contributed by atoms with van der Waals surface area (Å²) >= 11 is 0. The van der Waals surface area contributed by atoms with E-state index in [4.69, 9.17) is 0 Å². The Bertz CT molecular complexity index is 640. The van der Waals surface area contributed by atoms with Crippen molar-refractivity contribution in [3.8, 4) is 17.1 Å². The van der Waals surface area contributed by atoms with Crippen LogP contribution in [0.5, 0.6) is 0 Å². The molecule has 0 unspecified atom stereocenters. The van der Waals surface area contributed by atoms with Crippen LogP contribution < -0.4 is 0 Å². The van der Waals surface area contributed by atoms with Crippen molar-refractivity contribution in [3.05, 3.63) is 42.7 Å². The molecular weight excluding hydrogens is 228 g/mol. The second kappa shape index (κ2) is 4.40. The highest BCUT2D eigenvalue weighted by molar-refractivity contribution is 5.58. The van der Waals surface area contributed by atoms with Crippen molar-refractivity contribution in [1.82, 2.24) is 29.9 Å². The van der Waals surface area contributed by atoms with Gasteiger partial charge in [0.2, 0.25) is 0 Å². The van der Waals surface area contributed by atoms with Gasteiger partial charge < -0.3 is 0 Å². The van der Waals surface area contributed by atoms with Crippen LogP contribution in [0.25, 0.3) is 17.1 Å². The molecule has 0 aliphatic heterocycles. The number of aromatic nitrogens is 6. The van der Waals surface area contributed by atoms with Crippen LogP contribution >= 0.6 is 0 Å². The lowest BCUT2D eigenvalue weighted by molar-refractivity contribution is 0.946. The van der Waals surface area contributed by atoms with E-state index in [1.165, 1.54) is 0 Å². The molecule has 6 nitrogen and oxygen atoms in total. The molecule has 18 heavy (non-hydrogen) atoms. The Hall–Kier alpha value is -2.50. The van der Waals surface area contributed by atoms with Gasteiger partial charge in [-0.2, -0.15) is 5.10 Å². The number of H-pyrrole nitrogens is 1. The lowest BCUT2D eigenvalue weighted by Crippen LogP contribution is -1.91. The largest absolute Gasteiger partial charge is 0.288 e. The zero-order chi connectivity index (χ0) is 12.4. The zero-order valence-corrected chi connectivity index (χ0v) is 9.91. The molecule has 90 valence electrons. The van der Waals surface area contributed by atoms with E-state index in [9.17, 15) is 0 Å². The first-order chi connectivity index (χ1) is 8.86. The number of nitrogens with zero attached hydrogens (tertiary/aromatic N) is 5. The number of nitrogens with one attached hydrogen (secondary N) is 1. The van der Waals surface area contributed by atoms with Gasteiger partial charge in [-0.1, -0.05) is 19.1 Å². The van der Waals surface area contributed by atoms with Crippen molar-refractivity contribution in [1.29, 1.82) is 0 Å². The first-order valence-corrected chi connectivity index (χ1v) is 5.73. The summed E-state index contributed by atoms with van der Waals surface area (Å²) < 4.78 is 1.84. The van der Waals surface area contributed by atoms with Gasteiger partial charge in [-0.05, 0) is 12.1 Å². The molecule has 0 fully saturated rings. The Balaban J connectivity index is 2.00. The smallest absolute Gasteiger partial charge is 0.181 e. The standard InChI is InChI=1S/C12H12N6/c1-2-11-15-12(17-16-11)9-4-3-5-10(6-9)18-7-13-14-8-18/h3-8H,2H2,1H3,(H,15,16,17). The molecule has 6 heteroatoms. The molecule has 2 heterocycles. The average molecular weight is 240 g/mol. The van der Waals surface area contributed by atoms with Crippen molar-refractivity contribution in [2.24, 2.45) is 0 Å². The Kier molecular flexibility index (Phi) is 2.60. The Morgan fingerprint density at radius 2 is 2.06 bits per heavy atom. The molecule has 0 bridgehead atoms. The van der Waals surface area contributed by atoms with Gasteiger partial charge in [0.15, 0.2) is 5.82 Å². The van der Waals surface area contributed by atoms with Crippen LogP contribution in [0.3, 0.4) is 0 Å². The van der Waals surface area contributed by atoms with Gasteiger partial charge in [0, 0.05) is 17.7 Å². The van der Waals surface area contributed by atoms with Gasteiger partial charge in [0.1, 0.15) is 18.5 Å². The number of hydrogen-bond acceptors (Lipinski definition) is 4. The third-order valence-electron chi connectivity index (χ3n) is 2.69. The van der Waals surface area contributed by atoms with Crippen molar-refractivity contribution in [2.75, 3.05) is 0 Å². The maximum absolute atomic E-state index is 4.41. The van der Waals surface area contributed by atoms with Crippen LogP contribution in [0, 0.1) is 0 Å². The summed E-state index contributed by atoms with van der Waals surface area (Å²) in [7, 11) is 0. The van der Waals surface area contributed by atoms with E-state index in [0.29, 0.717) is 5.82 Å².